The van der Waals surface area contributed by atoms with Crippen LogP contribution in [-0.2, 0) is 16.8 Å². The van der Waals surface area contributed by atoms with E-state index < -0.39 is 5.41 Å². The average Bonchev–Trinajstić information content (AvgIpc) is 3.36. The normalized spacial score (nSPS) is 14.5. The van der Waals surface area contributed by atoms with Gasteiger partial charge in [-0.2, -0.15) is 5.10 Å². The van der Waals surface area contributed by atoms with Crippen LogP contribution in [0.2, 0.25) is 0 Å². The molecule has 9 heteroatoms. The summed E-state index contributed by atoms with van der Waals surface area (Å²) in [6.07, 6.45) is 5.39. The Hall–Kier alpha value is -4.16. The van der Waals surface area contributed by atoms with Crippen molar-refractivity contribution in [2.45, 2.75) is 32.7 Å². The lowest BCUT2D eigenvalue weighted by Crippen LogP contribution is -2.40. The van der Waals surface area contributed by atoms with Gasteiger partial charge < -0.3 is 19.7 Å². The van der Waals surface area contributed by atoms with Crippen LogP contribution in [0.1, 0.15) is 42.5 Å². The first-order valence-electron chi connectivity index (χ1n) is 11.9. The second-order valence-electron chi connectivity index (χ2n) is 9.40. The van der Waals surface area contributed by atoms with E-state index in [1.165, 1.54) is 12.1 Å². The Kier molecular flexibility index (Phi) is 7.32. The van der Waals surface area contributed by atoms with Crippen LogP contribution >= 0.6 is 0 Å². The van der Waals surface area contributed by atoms with Crippen molar-refractivity contribution in [2.24, 2.45) is 5.10 Å². The van der Waals surface area contributed by atoms with Crippen LogP contribution in [0, 0.1) is 18.2 Å². The SMILES string of the molecule is C#C/C(C)=N\N(CCO)CCN1C(=O)C(C)(C)c2ccc(C(=O)NCc3cc4cc(F)ccc4o3)cc21. The molecule has 37 heavy (non-hydrogen) atoms. The van der Waals surface area contributed by atoms with Gasteiger partial charge in [0.2, 0.25) is 5.91 Å². The molecule has 0 saturated heterocycles. The second-order valence-corrected chi connectivity index (χ2v) is 9.40. The van der Waals surface area contributed by atoms with E-state index in [9.17, 15) is 19.1 Å². The largest absolute Gasteiger partial charge is 0.459 e. The number of anilines is 1. The molecule has 0 unspecified atom stereocenters. The van der Waals surface area contributed by atoms with Crippen molar-refractivity contribution >= 4 is 34.2 Å². The molecule has 2 N–H and O–H groups in total. The van der Waals surface area contributed by atoms with Crippen molar-refractivity contribution in [2.75, 3.05) is 31.1 Å². The van der Waals surface area contributed by atoms with Gasteiger partial charge in [0.05, 0.1) is 31.7 Å². The third-order valence-electron chi connectivity index (χ3n) is 6.40. The minimum atomic E-state index is -0.756. The molecule has 3 aromatic rings. The van der Waals surface area contributed by atoms with E-state index in [0.29, 0.717) is 46.8 Å². The number of carbonyl (C=O) groups excluding carboxylic acids is 2. The summed E-state index contributed by atoms with van der Waals surface area (Å²) in [4.78, 5) is 27.9. The highest BCUT2D eigenvalue weighted by molar-refractivity contribution is 6.09. The maximum Gasteiger partial charge on any atom is 0.251 e. The number of nitrogens with one attached hydrogen (secondary N) is 1. The number of rotatable bonds is 9. The number of hydrogen-bond donors (Lipinski definition) is 2. The summed E-state index contributed by atoms with van der Waals surface area (Å²) in [5, 5.41) is 18.8. The summed E-state index contributed by atoms with van der Waals surface area (Å²) in [6.45, 7) is 6.34. The van der Waals surface area contributed by atoms with Gasteiger partial charge in [-0.15, -0.1) is 6.42 Å². The van der Waals surface area contributed by atoms with E-state index in [2.05, 4.69) is 16.3 Å². The molecule has 4 rings (SSSR count). The maximum atomic E-state index is 13.4. The number of hydrazone groups is 1. The Morgan fingerprint density at radius 1 is 1.24 bits per heavy atom. The first kappa shape index (κ1) is 25.9. The number of benzene rings is 2. The predicted molar refractivity (Wildman–Crippen MR) is 140 cm³/mol. The molecule has 0 spiro atoms. The van der Waals surface area contributed by atoms with E-state index in [1.807, 2.05) is 13.8 Å². The first-order chi connectivity index (χ1) is 17.6. The molecule has 0 aliphatic carbocycles. The van der Waals surface area contributed by atoms with Crippen molar-refractivity contribution < 1.29 is 23.5 Å². The number of fused-ring (bicyclic) bond motifs is 2. The zero-order chi connectivity index (χ0) is 26.7. The summed E-state index contributed by atoms with van der Waals surface area (Å²) < 4.78 is 19.1. The van der Waals surface area contributed by atoms with Crippen LogP contribution in [0.15, 0.2) is 52.0 Å². The molecule has 0 bridgehead atoms. The quantitative estimate of drug-likeness (QED) is 0.264. The number of halogens is 1. The molecule has 2 heterocycles. The molecule has 2 aromatic carbocycles. The topological polar surface area (TPSA) is 98.4 Å². The van der Waals surface area contributed by atoms with Crippen LogP contribution in [0.5, 0.6) is 0 Å². The highest BCUT2D eigenvalue weighted by Crippen LogP contribution is 2.41. The molecule has 0 radical (unpaired) electrons. The van der Waals surface area contributed by atoms with E-state index in [1.54, 1.807) is 47.2 Å². The third-order valence-corrected chi connectivity index (χ3v) is 6.40. The zero-order valence-corrected chi connectivity index (χ0v) is 21.0. The molecule has 2 amide bonds. The van der Waals surface area contributed by atoms with E-state index in [0.717, 1.165) is 5.56 Å². The predicted octanol–water partition coefficient (Wildman–Crippen LogP) is 3.43. The summed E-state index contributed by atoms with van der Waals surface area (Å²) in [7, 11) is 0. The molecule has 0 fully saturated rings. The number of aliphatic hydroxyl groups is 1. The van der Waals surface area contributed by atoms with Crippen molar-refractivity contribution in [1.29, 1.82) is 0 Å². The lowest BCUT2D eigenvalue weighted by molar-refractivity contribution is -0.122. The Balaban J connectivity index is 1.51. The lowest BCUT2D eigenvalue weighted by atomic mass is 9.86. The molecular weight excluding hydrogens is 475 g/mol. The summed E-state index contributed by atoms with van der Waals surface area (Å²) in [5.41, 5.74) is 2.12. The molecule has 1 aromatic heterocycles. The van der Waals surface area contributed by atoms with Gasteiger partial charge in [-0.1, -0.05) is 12.0 Å². The fraction of sp³-hybridized carbons (Fsp3) is 0.321. The van der Waals surface area contributed by atoms with Gasteiger partial charge in [-0.3, -0.25) is 14.6 Å². The molecule has 1 aliphatic rings. The van der Waals surface area contributed by atoms with E-state index in [4.69, 9.17) is 10.8 Å². The van der Waals surface area contributed by atoms with Crippen molar-refractivity contribution in [3.8, 4) is 12.3 Å². The number of aliphatic hydroxyl groups excluding tert-OH is 1. The molecular formula is C28H29FN4O4. The van der Waals surface area contributed by atoms with Crippen molar-refractivity contribution in [3.05, 3.63) is 65.2 Å². The zero-order valence-electron chi connectivity index (χ0n) is 21.0. The minimum absolute atomic E-state index is 0.0869. The Bertz CT molecular complexity index is 1420. The van der Waals surface area contributed by atoms with Gasteiger partial charge in [0.15, 0.2) is 0 Å². The standard InChI is InChI=1S/C28H29FN4O4/c1-5-18(2)31-32(12-13-34)10-11-33-24-16-19(6-8-23(24)28(3,4)27(33)36)26(35)30-17-22-15-20-14-21(29)7-9-25(20)37-22/h1,6-9,14-16,34H,10-13,17H2,2-4H3,(H,30,35)/b31-18-. The van der Waals surface area contributed by atoms with Crippen LogP contribution in [0.25, 0.3) is 11.0 Å². The molecule has 0 atom stereocenters. The Morgan fingerprint density at radius 2 is 2.03 bits per heavy atom. The average molecular weight is 505 g/mol. The molecule has 8 nitrogen and oxygen atoms in total. The van der Waals surface area contributed by atoms with Gasteiger partial charge in [-0.05, 0) is 62.7 Å². The monoisotopic (exact) mass is 504 g/mol. The fourth-order valence-electron chi connectivity index (χ4n) is 4.42. The van der Waals surface area contributed by atoms with Crippen LogP contribution < -0.4 is 10.2 Å². The molecule has 1 aliphatic heterocycles. The number of furan rings is 1. The summed E-state index contributed by atoms with van der Waals surface area (Å²) >= 11 is 0. The molecule has 0 saturated carbocycles. The van der Waals surface area contributed by atoms with Gasteiger partial charge in [-0.25, -0.2) is 4.39 Å². The van der Waals surface area contributed by atoms with Crippen LogP contribution in [-0.4, -0.2) is 53.9 Å². The third kappa shape index (κ3) is 5.34. The number of hydrogen-bond acceptors (Lipinski definition) is 6. The summed E-state index contributed by atoms with van der Waals surface area (Å²) in [5.74, 6) is 2.17. The second kappa shape index (κ2) is 10.4. The first-order valence-corrected chi connectivity index (χ1v) is 11.9. The van der Waals surface area contributed by atoms with Crippen LogP contribution in [0.4, 0.5) is 10.1 Å². The van der Waals surface area contributed by atoms with Crippen LogP contribution in [0.3, 0.4) is 0 Å². The van der Waals surface area contributed by atoms with Crippen molar-refractivity contribution in [1.82, 2.24) is 10.3 Å². The Morgan fingerprint density at radius 3 is 2.76 bits per heavy atom. The number of nitrogens with zero attached hydrogens (tertiary/aromatic N) is 3. The number of carbonyl (C=O) groups is 2. The lowest BCUT2D eigenvalue weighted by Gasteiger charge is -2.24. The molecule has 192 valence electrons. The minimum Gasteiger partial charge on any atom is -0.459 e. The van der Waals surface area contributed by atoms with Gasteiger partial charge in [0.25, 0.3) is 5.91 Å². The van der Waals surface area contributed by atoms with Gasteiger partial charge in [0, 0.05) is 23.2 Å². The number of amides is 2. The fourth-order valence-corrected chi connectivity index (χ4v) is 4.42. The highest BCUT2D eigenvalue weighted by atomic mass is 19.1. The smallest absolute Gasteiger partial charge is 0.251 e. The van der Waals surface area contributed by atoms with Gasteiger partial charge >= 0.3 is 0 Å². The number of terminal acetylenes is 1. The van der Waals surface area contributed by atoms with Crippen molar-refractivity contribution in [3.63, 3.8) is 0 Å². The Labute approximate surface area is 214 Å². The maximum absolute atomic E-state index is 13.4. The van der Waals surface area contributed by atoms with E-state index >= 15 is 0 Å². The van der Waals surface area contributed by atoms with Gasteiger partial charge in [0.1, 0.15) is 22.9 Å². The highest BCUT2D eigenvalue weighted by Gasteiger charge is 2.44. The summed E-state index contributed by atoms with van der Waals surface area (Å²) in [6, 6.07) is 11.1. The van der Waals surface area contributed by atoms with E-state index in [-0.39, 0.29) is 37.3 Å².